The predicted molar refractivity (Wildman–Crippen MR) is 120 cm³/mol. The molecule has 0 aliphatic carbocycles. The lowest BCUT2D eigenvalue weighted by atomic mass is 10.1. The lowest BCUT2D eigenvalue weighted by Gasteiger charge is -2.17. The van der Waals surface area contributed by atoms with Crippen LogP contribution in [0.4, 0.5) is 5.69 Å². The van der Waals surface area contributed by atoms with Crippen LogP contribution in [0.5, 0.6) is 23.0 Å². The van der Waals surface area contributed by atoms with E-state index in [4.69, 9.17) is 18.9 Å². The molecular weight excluding hydrogens is 410 g/mol. The molecule has 162 valence electrons. The van der Waals surface area contributed by atoms with Gasteiger partial charge in [-0.25, -0.2) is 4.98 Å². The summed E-state index contributed by atoms with van der Waals surface area (Å²) < 4.78 is 21.8. The fraction of sp³-hybridized carbons (Fsp3) is 0.167. The van der Waals surface area contributed by atoms with Crippen LogP contribution < -0.4 is 24.3 Å². The highest BCUT2D eigenvalue weighted by Crippen LogP contribution is 2.35. The summed E-state index contributed by atoms with van der Waals surface area (Å²) in [5.41, 5.74) is 3.58. The van der Waals surface area contributed by atoms with Gasteiger partial charge in [-0.3, -0.25) is 4.79 Å². The van der Waals surface area contributed by atoms with Gasteiger partial charge < -0.3 is 29.2 Å². The van der Waals surface area contributed by atoms with Gasteiger partial charge >= 0.3 is 0 Å². The molecule has 1 aliphatic rings. The molecule has 0 bridgehead atoms. The number of rotatable bonds is 5. The molecule has 2 N–H and O–H groups in total. The summed E-state index contributed by atoms with van der Waals surface area (Å²) in [4.78, 5) is 20.7. The van der Waals surface area contributed by atoms with Crippen LogP contribution in [0.15, 0.2) is 54.6 Å². The molecule has 3 aromatic carbocycles. The largest absolute Gasteiger partial charge is 0.493 e. The Morgan fingerprint density at radius 3 is 2.53 bits per heavy atom. The van der Waals surface area contributed by atoms with E-state index in [1.165, 1.54) is 7.11 Å². The monoisotopic (exact) mass is 431 g/mol. The van der Waals surface area contributed by atoms with Gasteiger partial charge in [0.2, 0.25) is 0 Å². The van der Waals surface area contributed by atoms with Crippen molar-refractivity contribution < 1.29 is 23.7 Å². The maximum Gasteiger partial charge on any atom is 0.255 e. The first-order valence-electron chi connectivity index (χ1n) is 10.1. The molecule has 0 atom stereocenters. The van der Waals surface area contributed by atoms with E-state index in [2.05, 4.69) is 15.3 Å². The molecule has 2 heterocycles. The van der Waals surface area contributed by atoms with Crippen molar-refractivity contribution in [2.45, 2.75) is 0 Å². The Bertz CT molecular complexity index is 1270. The maximum absolute atomic E-state index is 12.8. The average Bonchev–Trinajstić information content (AvgIpc) is 3.25. The molecule has 1 amide bonds. The number of aromatic nitrogens is 2. The highest BCUT2D eigenvalue weighted by molar-refractivity contribution is 6.05. The van der Waals surface area contributed by atoms with E-state index in [-0.39, 0.29) is 5.91 Å². The molecule has 4 aromatic rings. The molecule has 0 saturated heterocycles. The van der Waals surface area contributed by atoms with Crippen LogP contribution in [0.1, 0.15) is 10.4 Å². The van der Waals surface area contributed by atoms with Crippen molar-refractivity contribution >= 4 is 22.6 Å². The smallest absolute Gasteiger partial charge is 0.255 e. The SMILES string of the molecule is COc1ccc(C(=O)Nc2cccc(-c3nc4cc5c(cc4[nH]3)OCCO5)c2)cc1OC. The Kier molecular flexibility index (Phi) is 5.03. The van der Waals surface area contributed by atoms with Crippen molar-refractivity contribution in [1.29, 1.82) is 0 Å². The number of carbonyl (C=O) groups is 1. The van der Waals surface area contributed by atoms with Gasteiger partial charge in [-0.1, -0.05) is 12.1 Å². The van der Waals surface area contributed by atoms with Gasteiger partial charge in [0.25, 0.3) is 5.91 Å². The van der Waals surface area contributed by atoms with E-state index >= 15 is 0 Å². The first-order chi connectivity index (χ1) is 15.6. The minimum absolute atomic E-state index is 0.255. The summed E-state index contributed by atoms with van der Waals surface area (Å²) >= 11 is 0. The molecule has 0 radical (unpaired) electrons. The van der Waals surface area contributed by atoms with Crippen molar-refractivity contribution in [3.63, 3.8) is 0 Å². The number of fused-ring (bicyclic) bond motifs is 2. The van der Waals surface area contributed by atoms with Crippen LogP contribution >= 0.6 is 0 Å². The minimum atomic E-state index is -0.255. The Balaban J connectivity index is 1.40. The number of nitrogens with one attached hydrogen (secondary N) is 2. The maximum atomic E-state index is 12.8. The number of ether oxygens (including phenoxy) is 4. The standard InChI is InChI=1S/C24H21N3O5/c1-29-19-7-6-15(11-20(19)30-2)24(28)25-16-5-3-4-14(10-16)23-26-17-12-21-22(13-18(17)27-23)32-9-8-31-21/h3-7,10-13H,8-9H2,1-2H3,(H,25,28)(H,26,27). The number of hydrogen-bond acceptors (Lipinski definition) is 6. The van der Waals surface area contributed by atoms with Gasteiger partial charge in [0, 0.05) is 28.9 Å². The Morgan fingerprint density at radius 2 is 1.75 bits per heavy atom. The molecule has 0 unspecified atom stereocenters. The van der Waals surface area contributed by atoms with Crippen LogP contribution in [0.25, 0.3) is 22.4 Å². The van der Waals surface area contributed by atoms with Crippen molar-refractivity contribution in [2.75, 3.05) is 32.8 Å². The van der Waals surface area contributed by atoms with E-state index in [1.807, 2.05) is 36.4 Å². The van der Waals surface area contributed by atoms with Crippen molar-refractivity contribution in [3.8, 4) is 34.4 Å². The van der Waals surface area contributed by atoms with Gasteiger partial charge in [0.05, 0.1) is 25.3 Å². The van der Waals surface area contributed by atoms with E-state index in [0.717, 1.165) is 16.6 Å². The molecule has 0 fully saturated rings. The van der Waals surface area contributed by atoms with Gasteiger partial charge in [-0.2, -0.15) is 0 Å². The average molecular weight is 431 g/mol. The zero-order valence-electron chi connectivity index (χ0n) is 17.6. The Hall–Kier alpha value is -4.20. The fourth-order valence-electron chi connectivity index (χ4n) is 3.61. The molecule has 32 heavy (non-hydrogen) atoms. The fourth-order valence-corrected chi connectivity index (χ4v) is 3.61. The summed E-state index contributed by atoms with van der Waals surface area (Å²) in [6, 6.07) is 16.3. The van der Waals surface area contributed by atoms with Crippen molar-refractivity contribution in [1.82, 2.24) is 9.97 Å². The number of imidazole rings is 1. The van der Waals surface area contributed by atoms with Crippen LogP contribution in [-0.4, -0.2) is 43.3 Å². The molecule has 1 aliphatic heterocycles. The normalized spacial score (nSPS) is 12.4. The number of benzene rings is 3. The van der Waals surface area contributed by atoms with Crippen molar-refractivity contribution in [2.24, 2.45) is 0 Å². The zero-order valence-corrected chi connectivity index (χ0v) is 17.6. The van der Waals surface area contributed by atoms with Gasteiger partial charge in [0.15, 0.2) is 23.0 Å². The summed E-state index contributed by atoms with van der Waals surface area (Å²) in [5, 5.41) is 2.92. The van der Waals surface area contributed by atoms with Gasteiger partial charge in [-0.05, 0) is 30.3 Å². The second-order valence-corrected chi connectivity index (χ2v) is 7.20. The number of carbonyl (C=O) groups excluding carboxylic acids is 1. The first-order valence-corrected chi connectivity index (χ1v) is 10.1. The first kappa shape index (κ1) is 19.7. The number of anilines is 1. The lowest BCUT2D eigenvalue weighted by Crippen LogP contribution is -2.15. The van der Waals surface area contributed by atoms with E-state index in [9.17, 15) is 4.79 Å². The van der Waals surface area contributed by atoms with Crippen LogP contribution in [0.3, 0.4) is 0 Å². The third kappa shape index (κ3) is 3.66. The zero-order chi connectivity index (χ0) is 22.1. The number of nitrogens with zero attached hydrogens (tertiary/aromatic N) is 1. The van der Waals surface area contributed by atoms with E-state index < -0.39 is 0 Å². The highest BCUT2D eigenvalue weighted by atomic mass is 16.6. The van der Waals surface area contributed by atoms with E-state index in [0.29, 0.717) is 53.3 Å². The second kappa shape index (κ2) is 8.14. The summed E-state index contributed by atoms with van der Waals surface area (Å²) in [6.07, 6.45) is 0. The summed E-state index contributed by atoms with van der Waals surface area (Å²) in [5.74, 6) is 2.88. The molecule has 1 aromatic heterocycles. The number of H-pyrrole nitrogens is 1. The highest BCUT2D eigenvalue weighted by Gasteiger charge is 2.16. The van der Waals surface area contributed by atoms with E-state index in [1.54, 1.807) is 25.3 Å². The molecule has 5 rings (SSSR count). The predicted octanol–water partition coefficient (Wildman–Crippen LogP) is 4.27. The topological polar surface area (TPSA) is 94.7 Å². The third-order valence-electron chi connectivity index (χ3n) is 5.19. The molecular formula is C24H21N3O5. The Labute approximate surface area is 184 Å². The molecule has 8 nitrogen and oxygen atoms in total. The van der Waals surface area contributed by atoms with Gasteiger partial charge in [-0.15, -0.1) is 0 Å². The second-order valence-electron chi connectivity index (χ2n) is 7.20. The third-order valence-corrected chi connectivity index (χ3v) is 5.19. The minimum Gasteiger partial charge on any atom is -0.493 e. The number of aromatic amines is 1. The number of hydrogen-bond donors (Lipinski definition) is 2. The van der Waals surface area contributed by atoms with Crippen molar-refractivity contribution in [3.05, 3.63) is 60.2 Å². The summed E-state index contributed by atoms with van der Waals surface area (Å²) in [6.45, 7) is 1.05. The number of methoxy groups -OCH3 is 2. The Morgan fingerprint density at radius 1 is 0.969 bits per heavy atom. The molecule has 0 saturated carbocycles. The molecule has 8 heteroatoms. The lowest BCUT2D eigenvalue weighted by molar-refractivity contribution is 0.102. The molecule has 0 spiro atoms. The van der Waals surface area contributed by atoms with Crippen LogP contribution in [0.2, 0.25) is 0 Å². The van der Waals surface area contributed by atoms with Crippen LogP contribution in [0, 0.1) is 0 Å². The van der Waals surface area contributed by atoms with Crippen LogP contribution in [-0.2, 0) is 0 Å². The number of amides is 1. The summed E-state index contributed by atoms with van der Waals surface area (Å²) in [7, 11) is 3.08. The quantitative estimate of drug-likeness (QED) is 0.490. The van der Waals surface area contributed by atoms with Gasteiger partial charge in [0.1, 0.15) is 19.0 Å².